The number of para-hydroxylation sites is 1. The molecule has 20 heavy (non-hydrogen) atoms. The second-order valence-corrected chi connectivity index (χ2v) is 5.38. The van der Waals surface area contributed by atoms with Gasteiger partial charge in [-0.25, -0.2) is 0 Å². The molecular weight excluding hydrogens is 276 g/mol. The normalized spacial score (nSPS) is 24.9. The summed E-state index contributed by atoms with van der Waals surface area (Å²) in [6.45, 7) is 4.33. The highest BCUT2D eigenvalue weighted by molar-refractivity contribution is 5.96. The minimum absolute atomic E-state index is 0. The molecule has 1 amide bonds. The molecule has 5 heteroatoms. The molecule has 2 heterocycles. The van der Waals surface area contributed by atoms with E-state index in [1.165, 1.54) is 5.56 Å². The Morgan fingerprint density at radius 3 is 3.00 bits per heavy atom. The van der Waals surface area contributed by atoms with E-state index in [1.54, 1.807) is 0 Å². The van der Waals surface area contributed by atoms with Crippen molar-refractivity contribution in [1.29, 1.82) is 0 Å². The maximum atomic E-state index is 12.5. The number of nitrogens with zero attached hydrogens (tertiary/aromatic N) is 1. The zero-order valence-electron chi connectivity index (χ0n) is 11.7. The number of halogens is 1. The molecule has 4 nitrogen and oxygen atoms in total. The summed E-state index contributed by atoms with van der Waals surface area (Å²) in [5, 5.41) is 3.34. The first-order valence-electron chi connectivity index (χ1n) is 6.97. The molecule has 1 saturated heterocycles. The van der Waals surface area contributed by atoms with E-state index in [0.717, 1.165) is 25.3 Å². The van der Waals surface area contributed by atoms with Gasteiger partial charge in [0.05, 0.1) is 13.2 Å². The van der Waals surface area contributed by atoms with Crippen LogP contribution in [0, 0.1) is 0 Å². The Balaban J connectivity index is 0.00000147. The molecule has 1 aromatic carbocycles. The van der Waals surface area contributed by atoms with Gasteiger partial charge in [0.25, 0.3) is 0 Å². The SMILES string of the molecule is CC1Cc2ccccc2N1C(=O)CC1COCCN1.Cl. The zero-order valence-corrected chi connectivity index (χ0v) is 12.5. The second kappa shape index (κ2) is 6.57. The van der Waals surface area contributed by atoms with E-state index in [0.29, 0.717) is 13.0 Å². The molecule has 2 unspecified atom stereocenters. The van der Waals surface area contributed by atoms with Gasteiger partial charge in [-0.15, -0.1) is 12.4 Å². The highest BCUT2D eigenvalue weighted by atomic mass is 35.5. The van der Waals surface area contributed by atoms with Crippen molar-refractivity contribution in [3.63, 3.8) is 0 Å². The van der Waals surface area contributed by atoms with Gasteiger partial charge in [-0.05, 0) is 25.0 Å². The van der Waals surface area contributed by atoms with Crippen LogP contribution in [0.2, 0.25) is 0 Å². The van der Waals surface area contributed by atoms with Crippen LogP contribution >= 0.6 is 12.4 Å². The molecule has 0 radical (unpaired) electrons. The molecule has 2 aliphatic heterocycles. The first-order valence-corrected chi connectivity index (χ1v) is 6.97. The van der Waals surface area contributed by atoms with Crippen LogP contribution in [0.1, 0.15) is 18.9 Å². The Morgan fingerprint density at radius 2 is 2.25 bits per heavy atom. The predicted molar refractivity (Wildman–Crippen MR) is 81.6 cm³/mol. The number of ether oxygens (including phenoxy) is 1. The highest BCUT2D eigenvalue weighted by Crippen LogP contribution is 2.32. The van der Waals surface area contributed by atoms with Crippen LogP contribution in [0.25, 0.3) is 0 Å². The van der Waals surface area contributed by atoms with Crippen LogP contribution in [-0.2, 0) is 16.0 Å². The molecule has 0 aliphatic carbocycles. The average Bonchev–Trinajstić information content (AvgIpc) is 2.75. The number of carbonyl (C=O) groups is 1. The van der Waals surface area contributed by atoms with Crippen molar-refractivity contribution < 1.29 is 9.53 Å². The lowest BCUT2D eigenvalue weighted by Gasteiger charge is -2.28. The number of nitrogens with one attached hydrogen (secondary N) is 1. The third-order valence-electron chi connectivity index (χ3n) is 3.90. The summed E-state index contributed by atoms with van der Waals surface area (Å²) >= 11 is 0. The lowest BCUT2D eigenvalue weighted by molar-refractivity contribution is -0.120. The lowest BCUT2D eigenvalue weighted by atomic mass is 10.1. The van der Waals surface area contributed by atoms with Crippen LogP contribution in [0.4, 0.5) is 5.69 Å². The van der Waals surface area contributed by atoms with Gasteiger partial charge in [-0.1, -0.05) is 18.2 Å². The Kier molecular flexibility index (Phi) is 5.02. The predicted octanol–water partition coefficient (Wildman–Crippen LogP) is 1.76. The molecular formula is C15H21ClN2O2. The van der Waals surface area contributed by atoms with Crippen molar-refractivity contribution in [3.05, 3.63) is 29.8 Å². The van der Waals surface area contributed by atoms with Crippen molar-refractivity contribution in [2.75, 3.05) is 24.7 Å². The Labute approximate surface area is 125 Å². The van der Waals surface area contributed by atoms with E-state index in [2.05, 4.69) is 18.3 Å². The van der Waals surface area contributed by atoms with Crippen molar-refractivity contribution in [2.45, 2.75) is 31.8 Å². The molecule has 1 aromatic rings. The number of fused-ring (bicyclic) bond motifs is 1. The molecule has 2 aliphatic rings. The summed E-state index contributed by atoms with van der Waals surface area (Å²) in [6, 6.07) is 8.60. The van der Waals surface area contributed by atoms with E-state index < -0.39 is 0 Å². The van der Waals surface area contributed by atoms with E-state index in [9.17, 15) is 4.79 Å². The van der Waals surface area contributed by atoms with E-state index in [1.807, 2.05) is 23.1 Å². The highest BCUT2D eigenvalue weighted by Gasteiger charge is 2.31. The third-order valence-corrected chi connectivity index (χ3v) is 3.90. The lowest BCUT2D eigenvalue weighted by Crippen LogP contribution is -2.46. The number of morpholine rings is 1. The number of hydrogen-bond acceptors (Lipinski definition) is 3. The monoisotopic (exact) mass is 296 g/mol. The van der Waals surface area contributed by atoms with Gasteiger partial charge in [0.1, 0.15) is 0 Å². The topological polar surface area (TPSA) is 41.6 Å². The van der Waals surface area contributed by atoms with Crippen LogP contribution < -0.4 is 10.2 Å². The number of carbonyl (C=O) groups excluding carboxylic acids is 1. The number of amides is 1. The Bertz CT molecular complexity index is 475. The fourth-order valence-corrected chi connectivity index (χ4v) is 3.01. The van der Waals surface area contributed by atoms with Gasteiger partial charge < -0.3 is 15.0 Å². The molecule has 2 atom stereocenters. The summed E-state index contributed by atoms with van der Waals surface area (Å²) in [5.41, 5.74) is 2.35. The van der Waals surface area contributed by atoms with E-state index >= 15 is 0 Å². The fourth-order valence-electron chi connectivity index (χ4n) is 3.01. The summed E-state index contributed by atoms with van der Waals surface area (Å²) in [5.74, 6) is 0.195. The van der Waals surface area contributed by atoms with Crippen LogP contribution in [0.3, 0.4) is 0 Å². The maximum absolute atomic E-state index is 12.5. The maximum Gasteiger partial charge on any atom is 0.228 e. The molecule has 1 fully saturated rings. The molecule has 3 rings (SSSR count). The number of benzene rings is 1. The molecule has 0 spiro atoms. The Morgan fingerprint density at radius 1 is 1.45 bits per heavy atom. The standard InChI is InChI=1S/C15H20N2O2.ClH/c1-11-8-12-4-2-3-5-14(12)17(11)15(18)9-13-10-19-7-6-16-13;/h2-5,11,13,16H,6-10H2,1H3;1H. The fraction of sp³-hybridized carbons (Fsp3) is 0.533. The second-order valence-electron chi connectivity index (χ2n) is 5.38. The quantitative estimate of drug-likeness (QED) is 0.904. The van der Waals surface area contributed by atoms with Gasteiger partial charge >= 0.3 is 0 Å². The van der Waals surface area contributed by atoms with Crippen molar-refractivity contribution >= 4 is 24.0 Å². The van der Waals surface area contributed by atoms with Gasteiger partial charge in [0, 0.05) is 30.7 Å². The molecule has 1 N–H and O–H groups in total. The minimum atomic E-state index is 0. The van der Waals surface area contributed by atoms with Gasteiger partial charge in [-0.2, -0.15) is 0 Å². The third kappa shape index (κ3) is 2.97. The number of rotatable bonds is 2. The van der Waals surface area contributed by atoms with E-state index in [-0.39, 0.29) is 30.4 Å². The first-order chi connectivity index (χ1) is 9.25. The average molecular weight is 297 g/mol. The first kappa shape index (κ1) is 15.3. The largest absolute Gasteiger partial charge is 0.378 e. The van der Waals surface area contributed by atoms with Gasteiger partial charge in [0.2, 0.25) is 5.91 Å². The van der Waals surface area contributed by atoms with Crippen molar-refractivity contribution in [2.24, 2.45) is 0 Å². The van der Waals surface area contributed by atoms with Gasteiger partial charge in [-0.3, -0.25) is 4.79 Å². The van der Waals surface area contributed by atoms with E-state index in [4.69, 9.17) is 4.74 Å². The zero-order chi connectivity index (χ0) is 13.2. The van der Waals surface area contributed by atoms with Crippen molar-refractivity contribution in [1.82, 2.24) is 5.32 Å². The van der Waals surface area contributed by atoms with Crippen molar-refractivity contribution in [3.8, 4) is 0 Å². The van der Waals surface area contributed by atoms with Gasteiger partial charge in [0.15, 0.2) is 0 Å². The Hall–Kier alpha value is -1.10. The minimum Gasteiger partial charge on any atom is -0.378 e. The molecule has 0 bridgehead atoms. The van der Waals surface area contributed by atoms with Crippen LogP contribution in [0.15, 0.2) is 24.3 Å². The molecule has 0 aromatic heterocycles. The summed E-state index contributed by atoms with van der Waals surface area (Å²) in [4.78, 5) is 14.5. The van der Waals surface area contributed by atoms with Crippen LogP contribution in [0.5, 0.6) is 0 Å². The molecule has 110 valence electrons. The number of hydrogen-bond donors (Lipinski definition) is 1. The van der Waals surface area contributed by atoms with Crippen LogP contribution in [-0.4, -0.2) is 37.7 Å². The summed E-state index contributed by atoms with van der Waals surface area (Å²) < 4.78 is 5.41. The number of anilines is 1. The molecule has 0 saturated carbocycles. The summed E-state index contributed by atoms with van der Waals surface area (Å²) in [6.07, 6.45) is 1.47. The smallest absolute Gasteiger partial charge is 0.228 e. The summed E-state index contributed by atoms with van der Waals surface area (Å²) in [7, 11) is 0.